The minimum Gasteiger partial charge on any atom is -0.207 e. The van der Waals surface area contributed by atoms with Crippen molar-refractivity contribution in [1.29, 1.82) is 0 Å². The molecule has 0 aliphatic rings. The molecule has 0 spiro atoms. The van der Waals surface area contributed by atoms with Gasteiger partial charge in [0.2, 0.25) is 0 Å². The highest BCUT2D eigenvalue weighted by Crippen LogP contribution is 2.35. The van der Waals surface area contributed by atoms with E-state index in [4.69, 9.17) is 0 Å². The van der Waals surface area contributed by atoms with Gasteiger partial charge in [0.1, 0.15) is 11.6 Å². The summed E-state index contributed by atoms with van der Waals surface area (Å²) < 4.78 is 27.2. The monoisotopic (exact) mass is 324 g/mol. The first-order valence-corrected chi connectivity index (χ1v) is 6.98. The van der Waals surface area contributed by atoms with E-state index in [9.17, 15) is 8.78 Å². The van der Waals surface area contributed by atoms with Crippen LogP contribution >= 0.6 is 15.9 Å². The molecule has 1 atom stereocenters. The standard InChI is InChI=1S/C16H15BrF2/c1-9-4-5-12(10(2)6-9)16(17)13-7-11(3)14(18)8-15(13)19/h4-8,16H,1-3H3. The van der Waals surface area contributed by atoms with E-state index in [1.54, 1.807) is 13.0 Å². The minimum atomic E-state index is -0.523. The molecule has 1 unspecified atom stereocenters. The summed E-state index contributed by atoms with van der Waals surface area (Å²) in [6.45, 7) is 5.65. The molecule has 0 aliphatic carbocycles. The number of rotatable bonds is 2. The number of halogens is 3. The highest BCUT2D eigenvalue weighted by Gasteiger charge is 2.18. The van der Waals surface area contributed by atoms with Crippen LogP contribution in [0, 0.1) is 32.4 Å². The van der Waals surface area contributed by atoms with Crippen LogP contribution in [0.2, 0.25) is 0 Å². The Bertz CT molecular complexity index is 620. The fourth-order valence-corrected chi connectivity index (χ4v) is 3.02. The second-order valence-electron chi connectivity index (χ2n) is 4.85. The third kappa shape index (κ3) is 2.86. The average Bonchev–Trinajstić information content (AvgIpc) is 2.33. The second-order valence-corrected chi connectivity index (χ2v) is 5.76. The molecule has 100 valence electrons. The van der Waals surface area contributed by atoms with Crippen LogP contribution in [0.5, 0.6) is 0 Å². The van der Waals surface area contributed by atoms with Gasteiger partial charge in [0, 0.05) is 11.6 Å². The van der Waals surface area contributed by atoms with E-state index in [-0.39, 0.29) is 4.83 Å². The first kappa shape index (κ1) is 14.2. The van der Waals surface area contributed by atoms with Crippen molar-refractivity contribution >= 4 is 15.9 Å². The van der Waals surface area contributed by atoms with Crippen LogP contribution in [0.4, 0.5) is 8.78 Å². The lowest BCUT2D eigenvalue weighted by Gasteiger charge is -2.16. The molecule has 2 aromatic rings. The molecule has 0 radical (unpaired) electrons. The van der Waals surface area contributed by atoms with Crippen molar-refractivity contribution < 1.29 is 8.78 Å². The maximum atomic E-state index is 13.9. The first-order chi connectivity index (χ1) is 8.90. The average molecular weight is 325 g/mol. The molecule has 0 heterocycles. The molecule has 0 bridgehead atoms. The number of aryl methyl sites for hydroxylation is 3. The zero-order valence-corrected chi connectivity index (χ0v) is 12.7. The summed E-state index contributed by atoms with van der Waals surface area (Å²) >= 11 is 3.52. The Morgan fingerprint density at radius 2 is 1.53 bits per heavy atom. The Morgan fingerprint density at radius 3 is 2.16 bits per heavy atom. The van der Waals surface area contributed by atoms with Crippen LogP contribution in [0.3, 0.4) is 0 Å². The molecular weight excluding hydrogens is 310 g/mol. The van der Waals surface area contributed by atoms with Crippen molar-refractivity contribution in [2.75, 3.05) is 0 Å². The molecule has 0 amide bonds. The van der Waals surface area contributed by atoms with Crippen molar-refractivity contribution in [3.05, 3.63) is 69.8 Å². The van der Waals surface area contributed by atoms with Crippen LogP contribution in [0.25, 0.3) is 0 Å². The largest absolute Gasteiger partial charge is 0.207 e. The van der Waals surface area contributed by atoms with Crippen molar-refractivity contribution in [3.8, 4) is 0 Å². The van der Waals surface area contributed by atoms with Crippen LogP contribution < -0.4 is 0 Å². The predicted molar refractivity (Wildman–Crippen MR) is 77.8 cm³/mol. The molecule has 0 nitrogen and oxygen atoms in total. The van der Waals surface area contributed by atoms with Gasteiger partial charge in [-0.25, -0.2) is 8.78 Å². The van der Waals surface area contributed by atoms with Crippen molar-refractivity contribution in [1.82, 2.24) is 0 Å². The molecule has 3 heteroatoms. The maximum Gasteiger partial charge on any atom is 0.130 e. The van der Waals surface area contributed by atoms with Gasteiger partial charge >= 0.3 is 0 Å². The van der Waals surface area contributed by atoms with Gasteiger partial charge in [-0.2, -0.15) is 0 Å². The Balaban J connectivity index is 2.49. The summed E-state index contributed by atoms with van der Waals surface area (Å²) in [6, 6.07) is 8.52. The van der Waals surface area contributed by atoms with Gasteiger partial charge in [-0.05, 0) is 43.5 Å². The molecular formula is C16H15BrF2. The molecule has 0 fully saturated rings. The summed E-state index contributed by atoms with van der Waals surface area (Å²) in [5.74, 6) is -1.04. The third-order valence-corrected chi connectivity index (χ3v) is 4.24. The van der Waals surface area contributed by atoms with E-state index in [1.165, 1.54) is 0 Å². The lowest BCUT2D eigenvalue weighted by Crippen LogP contribution is -2.01. The van der Waals surface area contributed by atoms with Crippen molar-refractivity contribution in [3.63, 3.8) is 0 Å². The van der Waals surface area contributed by atoms with Gasteiger partial charge in [0.25, 0.3) is 0 Å². The van der Waals surface area contributed by atoms with Gasteiger partial charge in [-0.15, -0.1) is 0 Å². The molecule has 0 aliphatic heterocycles. The SMILES string of the molecule is Cc1ccc(C(Br)c2cc(C)c(F)cc2F)c(C)c1. The van der Waals surface area contributed by atoms with Gasteiger partial charge in [0.15, 0.2) is 0 Å². The Labute approximate surface area is 120 Å². The quantitative estimate of drug-likeness (QED) is 0.651. The van der Waals surface area contributed by atoms with Crippen LogP contribution in [-0.2, 0) is 0 Å². The van der Waals surface area contributed by atoms with Crippen molar-refractivity contribution in [2.45, 2.75) is 25.6 Å². The number of alkyl halides is 1. The molecule has 0 N–H and O–H groups in total. The van der Waals surface area contributed by atoms with E-state index in [2.05, 4.69) is 22.0 Å². The number of hydrogen-bond acceptors (Lipinski definition) is 0. The van der Waals surface area contributed by atoms with Crippen LogP contribution in [0.1, 0.15) is 32.6 Å². The van der Waals surface area contributed by atoms with Crippen LogP contribution in [-0.4, -0.2) is 0 Å². The van der Waals surface area contributed by atoms with E-state index in [1.807, 2.05) is 26.0 Å². The molecule has 0 saturated carbocycles. The van der Waals surface area contributed by atoms with Crippen LogP contribution in [0.15, 0.2) is 30.3 Å². The normalized spacial score (nSPS) is 12.5. The Hall–Kier alpha value is -1.22. The Kier molecular flexibility index (Phi) is 4.04. The first-order valence-electron chi connectivity index (χ1n) is 6.07. The molecule has 2 rings (SSSR count). The van der Waals surface area contributed by atoms with Gasteiger partial charge in [-0.3, -0.25) is 0 Å². The number of benzene rings is 2. The lowest BCUT2D eigenvalue weighted by atomic mass is 9.97. The number of hydrogen-bond donors (Lipinski definition) is 0. The van der Waals surface area contributed by atoms with Gasteiger partial charge in [-0.1, -0.05) is 39.7 Å². The fraction of sp³-hybridized carbons (Fsp3) is 0.250. The highest BCUT2D eigenvalue weighted by atomic mass is 79.9. The second kappa shape index (κ2) is 5.41. The van der Waals surface area contributed by atoms with Gasteiger partial charge in [0.05, 0.1) is 4.83 Å². The van der Waals surface area contributed by atoms with Crippen molar-refractivity contribution in [2.24, 2.45) is 0 Å². The zero-order chi connectivity index (χ0) is 14.2. The zero-order valence-electron chi connectivity index (χ0n) is 11.1. The van der Waals surface area contributed by atoms with E-state index in [0.29, 0.717) is 11.1 Å². The summed E-state index contributed by atoms with van der Waals surface area (Å²) in [6.07, 6.45) is 0. The maximum absolute atomic E-state index is 13.9. The topological polar surface area (TPSA) is 0 Å². The summed E-state index contributed by atoms with van der Waals surface area (Å²) in [4.78, 5) is -0.271. The fourth-order valence-electron chi connectivity index (χ4n) is 2.15. The van der Waals surface area contributed by atoms with E-state index >= 15 is 0 Å². The van der Waals surface area contributed by atoms with E-state index in [0.717, 1.165) is 22.8 Å². The highest BCUT2D eigenvalue weighted by molar-refractivity contribution is 9.09. The summed E-state index contributed by atoms with van der Waals surface area (Å²) in [5, 5.41) is 0. The molecule has 0 saturated heterocycles. The minimum absolute atomic E-state index is 0.271. The Morgan fingerprint density at radius 1 is 0.842 bits per heavy atom. The summed E-state index contributed by atoms with van der Waals surface area (Å²) in [7, 11) is 0. The van der Waals surface area contributed by atoms with Gasteiger partial charge < -0.3 is 0 Å². The van der Waals surface area contributed by atoms with E-state index < -0.39 is 11.6 Å². The lowest BCUT2D eigenvalue weighted by molar-refractivity contribution is 0.569. The third-order valence-electron chi connectivity index (χ3n) is 3.25. The predicted octanol–water partition coefficient (Wildman–Crippen LogP) is 5.37. The molecule has 2 aromatic carbocycles. The molecule has 19 heavy (non-hydrogen) atoms. The summed E-state index contributed by atoms with van der Waals surface area (Å²) in [5.41, 5.74) is 4.16. The molecule has 0 aromatic heterocycles. The smallest absolute Gasteiger partial charge is 0.130 e.